The van der Waals surface area contributed by atoms with Gasteiger partial charge in [-0.1, -0.05) is 0 Å². The van der Waals surface area contributed by atoms with Crippen LogP contribution < -0.4 is 4.90 Å². The molecule has 7 heteroatoms. The molecule has 128 valence electrons. The van der Waals surface area contributed by atoms with Crippen molar-refractivity contribution >= 4 is 11.7 Å². The van der Waals surface area contributed by atoms with E-state index in [0.717, 1.165) is 43.9 Å². The van der Waals surface area contributed by atoms with Gasteiger partial charge in [0.1, 0.15) is 5.82 Å². The molecule has 0 N–H and O–H groups in total. The van der Waals surface area contributed by atoms with Crippen molar-refractivity contribution in [1.29, 1.82) is 0 Å². The second-order valence-corrected chi connectivity index (χ2v) is 6.35. The Labute approximate surface area is 142 Å². The maximum atomic E-state index is 12.6. The highest BCUT2D eigenvalue weighted by Crippen LogP contribution is 2.31. The number of likely N-dealkylation sites (tertiary alicyclic amines) is 1. The van der Waals surface area contributed by atoms with Gasteiger partial charge in [0.15, 0.2) is 0 Å². The van der Waals surface area contributed by atoms with E-state index in [1.807, 2.05) is 34.7 Å². The number of aryl methyl sites for hydroxylation is 1. The van der Waals surface area contributed by atoms with Gasteiger partial charge in [0, 0.05) is 46.0 Å². The molecule has 1 amide bonds. The number of carbonyl (C=O) groups is 1. The zero-order valence-electron chi connectivity index (χ0n) is 14.3. The lowest BCUT2D eigenvalue weighted by atomic mass is 10.1. The van der Waals surface area contributed by atoms with E-state index >= 15 is 0 Å². The minimum Gasteiger partial charge on any atom is -0.361 e. The fourth-order valence-electron chi connectivity index (χ4n) is 3.09. The van der Waals surface area contributed by atoms with Gasteiger partial charge in [-0.05, 0) is 19.3 Å². The van der Waals surface area contributed by atoms with Gasteiger partial charge in [0.25, 0.3) is 0 Å². The second kappa shape index (κ2) is 7.42. The van der Waals surface area contributed by atoms with Gasteiger partial charge in [0.05, 0.1) is 30.5 Å². The molecule has 7 nitrogen and oxygen atoms in total. The fourth-order valence-corrected chi connectivity index (χ4v) is 3.09. The molecule has 3 heterocycles. The maximum absolute atomic E-state index is 12.6. The van der Waals surface area contributed by atoms with E-state index in [0.29, 0.717) is 6.42 Å². The van der Waals surface area contributed by atoms with Crippen LogP contribution in [0.4, 0.5) is 5.82 Å². The molecule has 0 unspecified atom stereocenters. The molecule has 1 aliphatic heterocycles. The van der Waals surface area contributed by atoms with Crippen molar-refractivity contribution in [3.05, 3.63) is 36.8 Å². The van der Waals surface area contributed by atoms with Crippen molar-refractivity contribution < 1.29 is 4.79 Å². The number of amides is 1. The molecule has 0 saturated carbocycles. The zero-order valence-corrected chi connectivity index (χ0v) is 14.3. The maximum Gasteiger partial charge on any atom is 0.223 e. The Hall–Kier alpha value is -2.44. The second-order valence-electron chi connectivity index (χ2n) is 6.35. The Kier molecular flexibility index (Phi) is 5.08. The third kappa shape index (κ3) is 3.72. The average molecular weight is 328 g/mol. The number of aromatic nitrogens is 4. The van der Waals surface area contributed by atoms with Crippen molar-refractivity contribution in [3.63, 3.8) is 0 Å². The zero-order chi connectivity index (χ0) is 16.9. The molecule has 1 fully saturated rings. The number of anilines is 1. The Balaban J connectivity index is 1.62. The molecule has 1 atom stereocenters. The van der Waals surface area contributed by atoms with Crippen LogP contribution in [0, 0.1) is 0 Å². The number of rotatable bonds is 6. The molecule has 0 spiro atoms. The van der Waals surface area contributed by atoms with E-state index in [9.17, 15) is 4.79 Å². The van der Waals surface area contributed by atoms with Gasteiger partial charge < -0.3 is 14.4 Å². The lowest BCUT2D eigenvalue weighted by Gasteiger charge is -2.25. The van der Waals surface area contributed by atoms with Crippen molar-refractivity contribution in [2.75, 3.05) is 25.5 Å². The summed E-state index contributed by atoms with van der Waals surface area (Å²) in [5, 5.41) is 0. The summed E-state index contributed by atoms with van der Waals surface area (Å²) in [6.45, 7) is 1.63. The van der Waals surface area contributed by atoms with Gasteiger partial charge in [-0.15, -0.1) is 0 Å². The predicted molar refractivity (Wildman–Crippen MR) is 91.5 cm³/mol. The normalized spacial score (nSPS) is 17.2. The monoisotopic (exact) mass is 328 g/mol. The van der Waals surface area contributed by atoms with Crippen LogP contribution in [-0.2, 0) is 11.3 Å². The Morgan fingerprint density at radius 3 is 2.96 bits per heavy atom. The number of carbonyl (C=O) groups excluding carboxylic acids is 1. The van der Waals surface area contributed by atoms with Crippen molar-refractivity contribution in [1.82, 2.24) is 24.4 Å². The summed E-state index contributed by atoms with van der Waals surface area (Å²) in [6, 6.07) is 0.0538. The third-order valence-electron chi connectivity index (χ3n) is 4.38. The van der Waals surface area contributed by atoms with Crippen LogP contribution in [0.3, 0.4) is 0 Å². The van der Waals surface area contributed by atoms with Gasteiger partial charge in [-0.25, -0.2) is 9.97 Å². The minimum absolute atomic E-state index is 0.0538. The average Bonchev–Trinajstić information content (AvgIpc) is 3.26. The Morgan fingerprint density at radius 1 is 1.33 bits per heavy atom. The standard InChI is InChI=1S/C17H24N6O/c1-21(2)16-12-19-11-14(20-16)15-5-3-9-23(15)17(24)6-4-8-22-10-7-18-13-22/h7,10-13,15H,3-6,8-9H2,1-2H3/t15-/m0/s1. The highest BCUT2D eigenvalue weighted by atomic mass is 16.2. The van der Waals surface area contributed by atoms with E-state index < -0.39 is 0 Å². The van der Waals surface area contributed by atoms with Crippen LogP contribution in [0.15, 0.2) is 31.1 Å². The molecule has 0 aromatic carbocycles. The molecule has 0 radical (unpaired) electrons. The first-order valence-corrected chi connectivity index (χ1v) is 8.39. The summed E-state index contributed by atoms with van der Waals surface area (Å²) in [5.74, 6) is 1.03. The third-order valence-corrected chi connectivity index (χ3v) is 4.38. The van der Waals surface area contributed by atoms with E-state index in [-0.39, 0.29) is 11.9 Å². The Bertz CT molecular complexity index is 669. The number of hydrogen-bond acceptors (Lipinski definition) is 5. The van der Waals surface area contributed by atoms with Gasteiger partial charge >= 0.3 is 0 Å². The summed E-state index contributed by atoms with van der Waals surface area (Å²) in [6.07, 6.45) is 12.3. The van der Waals surface area contributed by atoms with E-state index in [4.69, 9.17) is 0 Å². The number of imidazole rings is 1. The fraction of sp³-hybridized carbons (Fsp3) is 0.529. The molecule has 1 saturated heterocycles. The molecular weight excluding hydrogens is 304 g/mol. The van der Waals surface area contributed by atoms with Crippen LogP contribution in [0.2, 0.25) is 0 Å². The lowest BCUT2D eigenvalue weighted by Crippen LogP contribution is -2.31. The van der Waals surface area contributed by atoms with E-state index in [1.165, 1.54) is 0 Å². The van der Waals surface area contributed by atoms with Gasteiger partial charge in [0.2, 0.25) is 5.91 Å². The first-order valence-electron chi connectivity index (χ1n) is 8.39. The van der Waals surface area contributed by atoms with Crippen LogP contribution in [0.5, 0.6) is 0 Å². The molecule has 1 aliphatic rings. The molecule has 0 aliphatic carbocycles. The van der Waals surface area contributed by atoms with Gasteiger partial charge in [-0.3, -0.25) is 9.78 Å². The molecular formula is C17H24N6O. The summed E-state index contributed by atoms with van der Waals surface area (Å²) >= 11 is 0. The van der Waals surface area contributed by atoms with Crippen LogP contribution in [0.25, 0.3) is 0 Å². The smallest absolute Gasteiger partial charge is 0.223 e. The first-order chi connectivity index (χ1) is 11.6. The highest BCUT2D eigenvalue weighted by molar-refractivity contribution is 5.77. The first kappa shape index (κ1) is 16.4. The van der Waals surface area contributed by atoms with Crippen molar-refractivity contribution in [3.8, 4) is 0 Å². The van der Waals surface area contributed by atoms with Crippen molar-refractivity contribution in [2.24, 2.45) is 0 Å². The van der Waals surface area contributed by atoms with Crippen molar-refractivity contribution in [2.45, 2.75) is 38.3 Å². The number of hydrogen-bond donors (Lipinski definition) is 0. The van der Waals surface area contributed by atoms with Crippen LogP contribution in [-0.4, -0.2) is 51.0 Å². The number of nitrogens with zero attached hydrogens (tertiary/aromatic N) is 6. The molecule has 24 heavy (non-hydrogen) atoms. The Morgan fingerprint density at radius 2 is 2.21 bits per heavy atom. The lowest BCUT2D eigenvalue weighted by molar-refractivity contribution is -0.132. The summed E-state index contributed by atoms with van der Waals surface area (Å²) < 4.78 is 2.00. The van der Waals surface area contributed by atoms with Crippen LogP contribution >= 0.6 is 0 Å². The summed E-state index contributed by atoms with van der Waals surface area (Å²) in [5.41, 5.74) is 0.890. The van der Waals surface area contributed by atoms with E-state index in [1.54, 1.807) is 24.9 Å². The molecule has 3 rings (SSSR count). The van der Waals surface area contributed by atoms with Crippen LogP contribution in [0.1, 0.15) is 37.4 Å². The highest BCUT2D eigenvalue weighted by Gasteiger charge is 2.30. The molecule has 0 bridgehead atoms. The summed E-state index contributed by atoms with van der Waals surface area (Å²) in [7, 11) is 3.89. The SMILES string of the molecule is CN(C)c1cncc([C@@H]2CCCN2C(=O)CCCn2ccnc2)n1. The molecule has 2 aromatic heterocycles. The quantitative estimate of drug-likeness (QED) is 0.810. The topological polar surface area (TPSA) is 67.2 Å². The largest absolute Gasteiger partial charge is 0.361 e. The predicted octanol–water partition coefficient (Wildman–Crippen LogP) is 1.88. The molecule has 2 aromatic rings. The van der Waals surface area contributed by atoms with E-state index in [2.05, 4.69) is 15.0 Å². The minimum atomic E-state index is 0.0538. The van der Waals surface area contributed by atoms with Gasteiger partial charge in [-0.2, -0.15) is 0 Å². The summed E-state index contributed by atoms with van der Waals surface area (Å²) in [4.78, 5) is 29.5.